The van der Waals surface area contributed by atoms with Gasteiger partial charge in [0.15, 0.2) is 0 Å². The van der Waals surface area contributed by atoms with Crippen molar-refractivity contribution in [3.05, 3.63) is 65.4 Å². The second-order valence-corrected chi connectivity index (χ2v) is 7.00. The van der Waals surface area contributed by atoms with Gasteiger partial charge in [0.05, 0.1) is 18.3 Å². The molecule has 1 aliphatic rings. The van der Waals surface area contributed by atoms with Crippen molar-refractivity contribution in [2.75, 3.05) is 13.1 Å². The van der Waals surface area contributed by atoms with Gasteiger partial charge in [-0.15, -0.1) is 0 Å². The number of likely N-dealkylation sites (tertiary alicyclic amines) is 1. The lowest BCUT2D eigenvalue weighted by Crippen LogP contribution is -2.41. The monoisotopic (exact) mass is 365 g/mol. The maximum Gasteiger partial charge on any atom is 0.258 e. The highest BCUT2D eigenvalue weighted by Crippen LogP contribution is 2.30. The van der Waals surface area contributed by atoms with E-state index in [1.165, 1.54) is 0 Å². The van der Waals surface area contributed by atoms with Crippen LogP contribution in [-0.2, 0) is 11.3 Å². The highest BCUT2D eigenvalue weighted by Gasteiger charge is 2.28. The van der Waals surface area contributed by atoms with Gasteiger partial charge < -0.3 is 19.2 Å². The lowest BCUT2D eigenvalue weighted by atomic mass is 10.0. The Labute approximate surface area is 158 Å². The van der Waals surface area contributed by atoms with Gasteiger partial charge in [-0.25, -0.2) is 0 Å². The van der Waals surface area contributed by atoms with Gasteiger partial charge in [-0.2, -0.15) is 0 Å². The maximum atomic E-state index is 13.0. The summed E-state index contributed by atoms with van der Waals surface area (Å²) in [4.78, 5) is 14.9. The second-order valence-electron chi connectivity index (χ2n) is 7.00. The fourth-order valence-corrected chi connectivity index (χ4v) is 3.65. The number of aromatic hydroxyl groups is 1. The Kier molecular flexibility index (Phi) is 4.86. The molecule has 0 atom stereocenters. The van der Waals surface area contributed by atoms with E-state index in [9.17, 15) is 9.90 Å². The molecule has 0 saturated carbocycles. The lowest BCUT2D eigenvalue weighted by Gasteiger charge is -2.32. The highest BCUT2D eigenvalue weighted by molar-refractivity contribution is 6.07. The minimum Gasteiger partial charge on any atom is -0.508 e. The smallest absolute Gasteiger partial charge is 0.258 e. The zero-order valence-corrected chi connectivity index (χ0v) is 15.4. The average Bonchev–Trinajstić information content (AvgIpc) is 3.02. The molecule has 1 aliphatic heterocycles. The normalized spacial score (nSPS) is 15.4. The number of piperidine rings is 1. The van der Waals surface area contributed by atoms with Gasteiger partial charge in [0.25, 0.3) is 5.91 Å². The highest BCUT2D eigenvalue weighted by atomic mass is 16.5. The van der Waals surface area contributed by atoms with Crippen molar-refractivity contribution in [2.45, 2.75) is 32.5 Å². The molecule has 1 fully saturated rings. The molecule has 2 aromatic carbocycles. The number of phenolic OH excluding ortho intramolecular Hbond substituents is 1. The Morgan fingerprint density at radius 2 is 1.93 bits per heavy atom. The van der Waals surface area contributed by atoms with Crippen LogP contribution in [0.4, 0.5) is 0 Å². The van der Waals surface area contributed by atoms with E-state index < -0.39 is 0 Å². The van der Waals surface area contributed by atoms with Crippen LogP contribution < -0.4 is 0 Å². The number of hydrogen-bond acceptors (Lipinski definition) is 4. The van der Waals surface area contributed by atoms with E-state index in [0.717, 1.165) is 18.4 Å². The number of rotatable bonds is 4. The van der Waals surface area contributed by atoms with Crippen molar-refractivity contribution in [1.29, 1.82) is 0 Å². The van der Waals surface area contributed by atoms with E-state index in [-0.39, 0.29) is 17.8 Å². The third-order valence-corrected chi connectivity index (χ3v) is 5.12. The zero-order valence-electron chi connectivity index (χ0n) is 15.4. The molecule has 5 nitrogen and oxygen atoms in total. The molecular formula is C22H23NO4. The summed E-state index contributed by atoms with van der Waals surface area (Å²) in [5, 5.41) is 10.4. The predicted octanol–water partition coefficient (Wildman–Crippen LogP) is 4.27. The third-order valence-electron chi connectivity index (χ3n) is 5.12. The van der Waals surface area contributed by atoms with Crippen molar-refractivity contribution in [3.8, 4) is 5.75 Å². The van der Waals surface area contributed by atoms with Gasteiger partial charge in [0, 0.05) is 18.5 Å². The van der Waals surface area contributed by atoms with Gasteiger partial charge in [-0.1, -0.05) is 30.3 Å². The van der Waals surface area contributed by atoms with Gasteiger partial charge >= 0.3 is 0 Å². The van der Waals surface area contributed by atoms with Crippen LogP contribution in [0.25, 0.3) is 11.0 Å². The molecule has 27 heavy (non-hydrogen) atoms. The molecule has 4 rings (SSSR count). The zero-order chi connectivity index (χ0) is 18.8. The van der Waals surface area contributed by atoms with Crippen molar-refractivity contribution < 1.29 is 19.1 Å². The van der Waals surface area contributed by atoms with E-state index in [1.807, 2.05) is 23.1 Å². The van der Waals surface area contributed by atoms with E-state index in [0.29, 0.717) is 42.0 Å². The number of fused-ring (bicyclic) bond motifs is 1. The molecule has 2 heterocycles. The fraction of sp³-hybridized carbons (Fsp3) is 0.318. The van der Waals surface area contributed by atoms with Crippen molar-refractivity contribution in [2.24, 2.45) is 0 Å². The molecule has 0 spiro atoms. The first kappa shape index (κ1) is 17.6. The molecule has 0 unspecified atom stereocenters. The van der Waals surface area contributed by atoms with Crippen LogP contribution in [0.15, 0.2) is 52.9 Å². The number of amides is 1. The van der Waals surface area contributed by atoms with Crippen LogP contribution in [0.2, 0.25) is 0 Å². The van der Waals surface area contributed by atoms with E-state index in [1.54, 1.807) is 25.1 Å². The summed E-state index contributed by atoms with van der Waals surface area (Å²) in [6.45, 7) is 3.71. The van der Waals surface area contributed by atoms with Crippen molar-refractivity contribution in [3.63, 3.8) is 0 Å². The summed E-state index contributed by atoms with van der Waals surface area (Å²) >= 11 is 0. The predicted molar refractivity (Wildman–Crippen MR) is 103 cm³/mol. The summed E-state index contributed by atoms with van der Waals surface area (Å²) in [6.07, 6.45) is 1.80. The number of furan rings is 1. The first-order valence-corrected chi connectivity index (χ1v) is 9.29. The number of carbonyl (C=O) groups is 1. The molecular weight excluding hydrogens is 342 g/mol. The average molecular weight is 365 g/mol. The van der Waals surface area contributed by atoms with Gasteiger partial charge in [-0.05, 0) is 43.5 Å². The van der Waals surface area contributed by atoms with Crippen LogP contribution in [0.5, 0.6) is 5.75 Å². The Balaban J connectivity index is 1.40. The molecule has 1 aromatic heterocycles. The number of ether oxygens (including phenoxy) is 1. The summed E-state index contributed by atoms with van der Waals surface area (Å²) in [5.74, 6) is 0.673. The van der Waals surface area contributed by atoms with E-state index in [2.05, 4.69) is 12.1 Å². The number of aryl methyl sites for hydroxylation is 1. The van der Waals surface area contributed by atoms with Crippen LogP contribution >= 0.6 is 0 Å². The molecule has 1 saturated heterocycles. The van der Waals surface area contributed by atoms with Crippen molar-refractivity contribution >= 4 is 16.9 Å². The standard InChI is InChI=1S/C22H23NO4/c1-15-21(19-13-17(24)7-8-20(19)27-15)22(25)23-11-9-18(10-12-23)26-14-16-5-3-2-4-6-16/h2-8,13,18,24H,9-12,14H2,1H3. The van der Waals surface area contributed by atoms with Gasteiger partial charge in [0.2, 0.25) is 0 Å². The van der Waals surface area contributed by atoms with Crippen LogP contribution in [0.3, 0.4) is 0 Å². The number of benzene rings is 2. The van der Waals surface area contributed by atoms with Crippen molar-refractivity contribution in [1.82, 2.24) is 4.90 Å². The first-order valence-electron chi connectivity index (χ1n) is 9.29. The Morgan fingerprint density at radius 3 is 2.67 bits per heavy atom. The molecule has 0 bridgehead atoms. The quantitative estimate of drug-likeness (QED) is 0.750. The Morgan fingerprint density at radius 1 is 1.19 bits per heavy atom. The molecule has 1 N–H and O–H groups in total. The minimum atomic E-state index is -0.0432. The molecule has 140 valence electrons. The number of hydrogen-bond donors (Lipinski definition) is 1. The molecule has 1 amide bonds. The largest absolute Gasteiger partial charge is 0.508 e. The van der Waals surface area contributed by atoms with E-state index in [4.69, 9.17) is 9.15 Å². The third kappa shape index (κ3) is 3.69. The molecule has 0 aliphatic carbocycles. The SMILES string of the molecule is Cc1oc2ccc(O)cc2c1C(=O)N1CCC(OCc2ccccc2)CC1. The van der Waals surface area contributed by atoms with E-state index >= 15 is 0 Å². The number of phenols is 1. The second kappa shape index (κ2) is 7.45. The number of nitrogens with zero attached hydrogens (tertiary/aromatic N) is 1. The maximum absolute atomic E-state index is 13.0. The van der Waals surface area contributed by atoms with Gasteiger partial charge in [-0.3, -0.25) is 4.79 Å². The van der Waals surface area contributed by atoms with Crippen LogP contribution in [0, 0.1) is 6.92 Å². The molecule has 5 heteroatoms. The topological polar surface area (TPSA) is 62.9 Å². The fourth-order valence-electron chi connectivity index (χ4n) is 3.65. The summed E-state index contributed by atoms with van der Waals surface area (Å²) in [5.41, 5.74) is 2.33. The van der Waals surface area contributed by atoms with Crippen LogP contribution in [-0.4, -0.2) is 35.1 Å². The molecule has 3 aromatic rings. The first-order chi connectivity index (χ1) is 13.1. The minimum absolute atomic E-state index is 0.0432. The Hall–Kier alpha value is -2.79. The molecule has 0 radical (unpaired) electrons. The van der Waals surface area contributed by atoms with Crippen LogP contribution in [0.1, 0.15) is 34.5 Å². The Bertz CT molecular complexity index is 940. The lowest BCUT2D eigenvalue weighted by molar-refractivity contribution is -0.000370. The number of carbonyl (C=O) groups excluding carboxylic acids is 1. The summed E-state index contributed by atoms with van der Waals surface area (Å²) in [6, 6.07) is 15.0. The van der Waals surface area contributed by atoms with Gasteiger partial charge in [0.1, 0.15) is 17.1 Å². The summed E-state index contributed by atoms with van der Waals surface area (Å²) in [7, 11) is 0. The summed E-state index contributed by atoms with van der Waals surface area (Å²) < 4.78 is 11.7.